The van der Waals surface area contributed by atoms with E-state index in [4.69, 9.17) is 26.4 Å². The van der Waals surface area contributed by atoms with E-state index in [1.807, 2.05) is 0 Å². The molecule has 1 aliphatic heterocycles. The molecule has 0 aliphatic carbocycles. The molecule has 0 saturated carbocycles. The van der Waals surface area contributed by atoms with Gasteiger partial charge in [0.2, 0.25) is 5.60 Å². The van der Waals surface area contributed by atoms with Gasteiger partial charge in [0.1, 0.15) is 18.9 Å². The first kappa shape index (κ1) is 23.4. The summed E-state index contributed by atoms with van der Waals surface area (Å²) in [6.07, 6.45) is 8.39. The van der Waals surface area contributed by atoms with Gasteiger partial charge in [0.05, 0.1) is 6.33 Å². The van der Waals surface area contributed by atoms with E-state index in [-0.39, 0.29) is 36.4 Å². The Morgan fingerprint density at radius 3 is 2.88 bits per heavy atom. The molecule has 3 heterocycles. The second-order valence-corrected chi connectivity index (χ2v) is 7.61. The normalized spacial score (nSPS) is 22.6. The summed E-state index contributed by atoms with van der Waals surface area (Å²) in [6.45, 7) is 2.99. The van der Waals surface area contributed by atoms with Crippen LogP contribution in [0.25, 0.3) is 11.2 Å². The number of esters is 2. The minimum absolute atomic E-state index is 0.102. The number of ether oxygens (including phenoxy) is 3. The average molecular weight is 447 g/mol. The standard InChI is InChI=1S/C21H26FN5O5/c1-4-6-7-8-9-16(29)31-14-10-15(32-21(14,5-2)11-30-13(3)28)27-12-24-17-18(23)25-20(22)26-19(17)27/h2,12,14-15H,4,6-11H2,1,3H3,(H2,23,25,26). The molecule has 3 atom stereocenters. The van der Waals surface area contributed by atoms with Crippen LogP contribution in [-0.2, 0) is 23.8 Å². The Morgan fingerprint density at radius 1 is 1.41 bits per heavy atom. The molecule has 0 spiro atoms. The number of carbonyl (C=O) groups is 2. The van der Waals surface area contributed by atoms with Crippen LogP contribution in [-0.4, -0.2) is 49.8 Å². The monoisotopic (exact) mass is 447 g/mol. The minimum atomic E-state index is -1.52. The number of anilines is 1. The van der Waals surface area contributed by atoms with Crippen molar-refractivity contribution in [3.63, 3.8) is 0 Å². The largest absolute Gasteiger partial charge is 0.462 e. The number of carbonyl (C=O) groups excluding carboxylic acids is 2. The predicted octanol–water partition coefficient (Wildman–Crippen LogP) is 2.28. The summed E-state index contributed by atoms with van der Waals surface area (Å²) < 4.78 is 32.0. The van der Waals surface area contributed by atoms with Crippen LogP contribution >= 0.6 is 0 Å². The highest BCUT2D eigenvalue weighted by atomic mass is 19.1. The summed E-state index contributed by atoms with van der Waals surface area (Å²) in [5.74, 6) is 1.37. The number of hydrogen-bond acceptors (Lipinski definition) is 9. The van der Waals surface area contributed by atoms with Crippen molar-refractivity contribution in [3.05, 3.63) is 12.4 Å². The third-order valence-corrected chi connectivity index (χ3v) is 5.26. The molecular formula is C21H26FN5O5. The molecule has 2 N–H and O–H groups in total. The average Bonchev–Trinajstić information content (AvgIpc) is 3.32. The van der Waals surface area contributed by atoms with E-state index in [1.54, 1.807) is 0 Å². The summed E-state index contributed by atoms with van der Waals surface area (Å²) >= 11 is 0. The number of unbranched alkanes of at least 4 members (excludes halogenated alkanes) is 3. The lowest BCUT2D eigenvalue weighted by atomic mass is 9.98. The van der Waals surface area contributed by atoms with Crippen molar-refractivity contribution >= 4 is 28.9 Å². The maximum absolute atomic E-state index is 13.7. The third kappa shape index (κ3) is 4.96. The summed E-state index contributed by atoms with van der Waals surface area (Å²) in [6, 6.07) is 0. The summed E-state index contributed by atoms with van der Waals surface area (Å²) in [5, 5.41) is 0. The highest BCUT2D eigenvalue weighted by Crippen LogP contribution is 2.40. The molecule has 32 heavy (non-hydrogen) atoms. The Balaban J connectivity index is 1.85. The fraction of sp³-hybridized carbons (Fsp3) is 0.571. The summed E-state index contributed by atoms with van der Waals surface area (Å²) in [7, 11) is 0. The van der Waals surface area contributed by atoms with E-state index in [1.165, 1.54) is 17.8 Å². The van der Waals surface area contributed by atoms with Crippen molar-refractivity contribution in [2.24, 2.45) is 0 Å². The molecule has 11 heteroatoms. The number of hydrogen-bond donors (Lipinski definition) is 1. The SMILES string of the molecule is C#CC1(COC(C)=O)OC(n2cnc3c(N)nc(F)nc32)CC1OC(=O)CCCCCC. The molecule has 3 rings (SSSR count). The van der Waals surface area contributed by atoms with Gasteiger partial charge in [0.15, 0.2) is 17.0 Å². The van der Waals surface area contributed by atoms with Crippen molar-refractivity contribution in [1.29, 1.82) is 0 Å². The Bertz CT molecular complexity index is 1040. The van der Waals surface area contributed by atoms with Crippen molar-refractivity contribution in [3.8, 4) is 12.3 Å². The highest BCUT2D eigenvalue weighted by molar-refractivity contribution is 5.81. The molecule has 10 nitrogen and oxygen atoms in total. The lowest BCUT2D eigenvalue weighted by Crippen LogP contribution is -2.45. The number of imidazole rings is 1. The van der Waals surface area contributed by atoms with Crippen LogP contribution in [0.5, 0.6) is 0 Å². The Kier molecular flexibility index (Phi) is 7.25. The molecule has 3 unspecified atom stereocenters. The Morgan fingerprint density at radius 2 is 2.19 bits per heavy atom. The highest BCUT2D eigenvalue weighted by Gasteiger charge is 2.52. The third-order valence-electron chi connectivity index (χ3n) is 5.26. The zero-order valence-corrected chi connectivity index (χ0v) is 18.0. The van der Waals surface area contributed by atoms with Crippen molar-refractivity contribution in [2.75, 3.05) is 12.3 Å². The number of fused-ring (bicyclic) bond motifs is 1. The number of nitrogens with two attached hydrogens (primary N) is 1. The number of rotatable bonds is 9. The molecule has 0 amide bonds. The lowest BCUT2D eigenvalue weighted by Gasteiger charge is -2.28. The van der Waals surface area contributed by atoms with E-state index in [9.17, 15) is 14.0 Å². The number of nitrogens with zero attached hydrogens (tertiary/aromatic N) is 4. The molecular weight excluding hydrogens is 421 g/mol. The number of aromatic nitrogens is 4. The molecule has 1 saturated heterocycles. The van der Waals surface area contributed by atoms with Crippen LogP contribution in [0.15, 0.2) is 6.33 Å². The van der Waals surface area contributed by atoms with Crippen molar-refractivity contribution < 1.29 is 28.2 Å². The second-order valence-electron chi connectivity index (χ2n) is 7.61. The molecule has 0 bridgehead atoms. The molecule has 2 aromatic rings. The van der Waals surface area contributed by atoms with Crippen LogP contribution in [0.4, 0.5) is 10.2 Å². The van der Waals surface area contributed by atoms with Crippen LogP contribution in [0.3, 0.4) is 0 Å². The Labute approximate surface area is 184 Å². The van der Waals surface area contributed by atoms with Gasteiger partial charge in [0.25, 0.3) is 0 Å². The van der Waals surface area contributed by atoms with Gasteiger partial charge in [-0.2, -0.15) is 14.4 Å². The van der Waals surface area contributed by atoms with Gasteiger partial charge in [-0.1, -0.05) is 32.1 Å². The Hall–Kier alpha value is -3.26. The predicted molar refractivity (Wildman–Crippen MR) is 111 cm³/mol. The zero-order valence-electron chi connectivity index (χ0n) is 18.0. The number of nitrogen functional groups attached to an aromatic ring is 1. The van der Waals surface area contributed by atoms with Gasteiger partial charge in [-0.25, -0.2) is 4.98 Å². The van der Waals surface area contributed by atoms with E-state index >= 15 is 0 Å². The van der Waals surface area contributed by atoms with Gasteiger partial charge >= 0.3 is 18.0 Å². The van der Waals surface area contributed by atoms with Crippen LogP contribution in [0, 0.1) is 18.4 Å². The van der Waals surface area contributed by atoms with Gasteiger partial charge in [-0.3, -0.25) is 14.2 Å². The summed E-state index contributed by atoms with van der Waals surface area (Å²) in [5.41, 5.74) is 4.49. The first-order valence-corrected chi connectivity index (χ1v) is 10.4. The smallest absolute Gasteiger partial charge is 0.312 e. The maximum atomic E-state index is 13.7. The molecule has 2 aromatic heterocycles. The fourth-order valence-corrected chi connectivity index (χ4v) is 3.59. The van der Waals surface area contributed by atoms with Crippen molar-refractivity contribution in [1.82, 2.24) is 19.5 Å². The molecule has 0 aromatic carbocycles. The van der Waals surface area contributed by atoms with Gasteiger partial charge in [-0.15, -0.1) is 6.42 Å². The van der Waals surface area contributed by atoms with Gasteiger partial charge < -0.3 is 19.9 Å². The van der Waals surface area contributed by atoms with Crippen molar-refractivity contribution in [2.45, 2.75) is 70.3 Å². The minimum Gasteiger partial charge on any atom is -0.462 e. The lowest BCUT2D eigenvalue weighted by molar-refractivity contribution is -0.165. The van der Waals surface area contributed by atoms with Crippen LogP contribution in [0.1, 0.15) is 58.6 Å². The van der Waals surface area contributed by atoms with E-state index in [0.29, 0.717) is 6.42 Å². The molecule has 1 fully saturated rings. The maximum Gasteiger partial charge on any atom is 0.312 e. The molecule has 172 valence electrons. The topological polar surface area (TPSA) is 131 Å². The van der Waals surface area contributed by atoms with Crippen LogP contribution < -0.4 is 5.73 Å². The van der Waals surface area contributed by atoms with Gasteiger partial charge in [-0.05, 0) is 6.42 Å². The van der Waals surface area contributed by atoms with Gasteiger partial charge in [0, 0.05) is 19.8 Å². The fourth-order valence-electron chi connectivity index (χ4n) is 3.59. The number of terminal acetylenes is 1. The number of halogens is 1. The zero-order chi connectivity index (χ0) is 23.3. The van der Waals surface area contributed by atoms with E-state index in [0.717, 1.165) is 19.3 Å². The first-order chi connectivity index (χ1) is 15.3. The quantitative estimate of drug-likeness (QED) is 0.266. The van der Waals surface area contributed by atoms with E-state index in [2.05, 4.69) is 27.8 Å². The second kappa shape index (κ2) is 9.91. The summed E-state index contributed by atoms with van der Waals surface area (Å²) in [4.78, 5) is 35.2. The van der Waals surface area contributed by atoms with E-state index < -0.39 is 35.9 Å². The van der Waals surface area contributed by atoms with Crippen LogP contribution in [0.2, 0.25) is 0 Å². The molecule has 1 aliphatic rings. The first-order valence-electron chi connectivity index (χ1n) is 10.4. The molecule has 0 radical (unpaired) electrons.